The largest absolute Gasteiger partial charge is 0.494 e. The topological polar surface area (TPSA) is 66.0 Å². The van der Waals surface area contributed by atoms with Crippen LogP contribution in [0.1, 0.15) is 42.3 Å². The zero-order chi connectivity index (χ0) is 21.9. The smallest absolute Gasteiger partial charge is 0.251 e. The maximum absolute atomic E-state index is 12.6. The molecule has 0 heterocycles. The molecule has 6 nitrogen and oxygen atoms in total. The molecule has 0 fully saturated rings. The highest BCUT2D eigenvalue weighted by molar-refractivity contribution is 5.94. The van der Waals surface area contributed by atoms with Crippen molar-refractivity contribution >= 4 is 5.91 Å². The highest BCUT2D eigenvalue weighted by atomic mass is 16.5. The molecule has 1 amide bonds. The molecule has 2 aromatic carbocycles. The number of carbonyl (C=O) groups is 1. The van der Waals surface area contributed by atoms with E-state index in [1.807, 2.05) is 37.3 Å². The maximum Gasteiger partial charge on any atom is 0.251 e. The lowest BCUT2D eigenvalue weighted by molar-refractivity contribution is 0.0937. The van der Waals surface area contributed by atoms with Crippen LogP contribution in [-0.4, -0.2) is 39.9 Å². The van der Waals surface area contributed by atoms with E-state index in [0.717, 1.165) is 16.9 Å². The van der Waals surface area contributed by atoms with E-state index in [1.54, 1.807) is 20.3 Å². The van der Waals surface area contributed by atoms with Gasteiger partial charge in [-0.25, -0.2) is 0 Å². The second kappa shape index (κ2) is 12.1. The van der Waals surface area contributed by atoms with Crippen molar-refractivity contribution in [3.05, 3.63) is 53.1 Å². The molecule has 0 spiro atoms. The highest BCUT2D eigenvalue weighted by Gasteiger charge is 2.12. The fraction of sp³-hybridized carbons (Fsp3) is 0.458. The minimum absolute atomic E-state index is 0.122. The summed E-state index contributed by atoms with van der Waals surface area (Å²) in [4.78, 5) is 12.6. The Kier molecular flexibility index (Phi) is 9.48. The van der Waals surface area contributed by atoms with Crippen molar-refractivity contribution in [2.45, 2.75) is 33.8 Å². The van der Waals surface area contributed by atoms with Gasteiger partial charge in [-0.3, -0.25) is 4.79 Å². The molecule has 0 aliphatic carbocycles. The second-order valence-corrected chi connectivity index (χ2v) is 7.36. The maximum atomic E-state index is 12.6. The minimum Gasteiger partial charge on any atom is -0.494 e. The summed E-state index contributed by atoms with van der Waals surface area (Å²) in [6.07, 6.45) is 0.688. The normalized spacial score (nSPS) is 10.7. The van der Waals surface area contributed by atoms with Gasteiger partial charge in [0.25, 0.3) is 5.91 Å². The summed E-state index contributed by atoms with van der Waals surface area (Å²) >= 11 is 0. The number of amides is 1. The van der Waals surface area contributed by atoms with Crippen LogP contribution in [0.5, 0.6) is 17.2 Å². The van der Waals surface area contributed by atoms with E-state index in [2.05, 4.69) is 19.2 Å². The van der Waals surface area contributed by atoms with E-state index >= 15 is 0 Å². The van der Waals surface area contributed by atoms with Gasteiger partial charge in [0.05, 0.1) is 27.4 Å². The highest BCUT2D eigenvalue weighted by Crippen LogP contribution is 2.27. The zero-order valence-electron chi connectivity index (χ0n) is 18.6. The molecule has 30 heavy (non-hydrogen) atoms. The predicted octanol–water partition coefficient (Wildman–Crippen LogP) is 4.25. The van der Waals surface area contributed by atoms with E-state index in [-0.39, 0.29) is 5.91 Å². The van der Waals surface area contributed by atoms with Crippen LogP contribution < -0.4 is 19.5 Å². The van der Waals surface area contributed by atoms with Crippen molar-refractivity contribution in [1.29, 1.82) is 0 Å². The van der Waals surface area contributed by atoms with Crippen LogP contribution in [0.15, 0.2) is 36.4 Å². The number of methoxy groups -OCH3 is 2. The quantitative estimate of drug-likeness (QED) is 0.561. The van der Waals surface area contributed by atoms with Gasteiger partial charge in [-0.1, -0.05) is 19.9 Å². The lowest BCUT2D eigenvalue weighted by Crippen LogP contribution is -2.25. The molecule has 6 heteroatoms. The van der Waals surface area contributed by atoms with Crippen LogP contribution >= 0.6 is 0 Å². The molecule has 1 N–H and O–H groups in total. The van der Waals surface area contributed by atoms with Gasteiger partial charge >= 0.3 is 0 Å². The van der Waals surface area contributed by atoms with Crippen LogP contribution in [0.3, 0.4) is 0 Å². The molecular weight excluding hydrogens is 382 g/mol. The third kappa shape index (κ3) is 6.95. The minimum atomic E-state index is -0.122. The van der Waals surface area contributed by atoms with Crippen molar-refractivity contribution in [3.63, 3.8) is 0 Å². The summed E-state index contributed by atoms with van der Waals surface area (Å²) in [7, 11) is 3.22. The molecule has 2 rings (SSSR count). The molecule has 164 valence electrons. The van der Waals surface area contributed by atoms with Gasteiger partial charge in [-0.2, -0.15) is 0 Å². The Labute approximate surface area is 179 Å². The first-order chi connectivity index (χ1) is 14.5. The Morgan fingerprint density at radius 1 is 1.00 bits per heavy atom. The average Bonchev–Trinajstić information content (AvgIpc) is 2.74. The molecule has 0 saturated heterocycles. The van der Waals surface area contributed by atoms with Crippen LogP contribution in [0.25, 0.3) is 0 Å². The second-order valence-electron chi connectivity index (χ2n) is 7.36. The number of rotatable bonds is 12. The van der Waals surface area contributed by atoms with Gasteiger partial charge in [-0.15, -0.1) is 0 Å². The first-order valence-corrected chi connectivity index (χ1v) is 10.3. The van der Waals surface area contributed by atoms with E-state index in [9.17, 15) is 4.79 Å². The van der Waals surface area contributed by atoms with Crippen molar-refractivity contribution < 1.29 is 23.7 Å². The molecule has 2 aromatic rings. The van der Waals surface area contributed by atoms with Crippen molar-refractivity contribution in [2.75, 3.05) is 34.0 Å². The summed E-state index contributed by atoms with van der Waals surface area (Å²) in [5, 5.41) is 2.97. The molecule has 0 saturated carbocycles. The summed E-state index contributed by atoms with van der Waals surface area (Å²) in [5.41, 5.74) is 2.53. The lowest BCUT2D eigenvalue weighted by Gasteiger charge is -2.14. The SMILES string of the molecule is CCOc1ccc(C(=O)NCCc2ccc(OC)c(OC)c2)cc1COCC(C)C. The fourth-order valence-corrected chi connectivity index (χ4v) is 2.99. The first kappa shape index (κ1) is 23.5. The van der Waals surface area contributed by atoms with Gasteiger partial charge in [0.2, 0.25) is 0 Å². The molecule has 0 aromatic heterocycles. The van der Waals surface area contributed by atoms with Gasteiger partial charge in [0.1, 0.15) is 5.75 Å². The zero-order valence-corrected chi connectivity index (χ0v) is 18.6. The first-order valence-electron chi connectivity index (χ1n) is 10.3. The summed E-state index contributed by atoms with van der Waals surface area (Å²) in [5.74, 6) is 2.45. The Bertz CT molecular complexity index is 819. The van der Waals surface area contributed by atoms with E-state index in [1.165, 1.54) is 0 Å². The monoisotopic (exact) mass is 415 g/mol. The van der Waals surface area contributed by atoms with Crippen LogP contribution in [0.4, 0.5) is 0 Å². The fourth-order valence-electron chi connectivity index (χ4n) is 2.99. The molecular formula is C24H33NO5. The van der Waals surface area contributed by atoms with Crippen LogP contribution in [0, 0.1) is 5.92 Å². The average molecular weight is 416 g/mol. The molecule has 0 atom stereocenters. The number of benzene rings is 2. The molecule has 0 radical (unpaired) electrons. The Morgan fingerprint density at radius 2 is 1.73 bits per heavy atom. The van der Waals surface area contributed by atoms with Gasteiger partial charge in [-0.05, 0) is 55.2 Å². The number of ether oxygens (including phenoxy) is 4. The number of nitrogens with one attached hydrogen (secondary N) is 1. The van der Waals surface area contributed by atoms with E-state index in [0.29, 0.717) is 55.8 Å². The van der Waals surface area contributed by atoms with Gasteiger partial charge < -0.3 is 24.3 Å². The summed E-state index contributed by atoms with van der Waals surface area (Å²) in [6, 6.07) is 11.2. The lowest BCUT2D eigenvalue weighted by atomic mass is 10.1. The van der Waals surface area contributed by atoms with Gasteiger partial charge in [0, 0.05) is 24.3 Å². The van der Waals surface area contributed by atoms with Crippen molar-refractivity contribution in [1.82, 2.24) is 5.32 Å². The molecule has 0 unspecified atom stereocenters. The number of hydrogen-bond acceptors (Lipinski definition) is 5. The summed E-state index contributed by atoms with van der Waals surface area (Å²) < 4.78 is 22.0. The number of carbonyl (C=O) groups excluding carboxylic acids is 1. The molecule has 0 aliphatic rings. The Balaban J connectivity index is 1.98. The van der Waals surface area contributed by atoms with E-state index < -0.39 is 0 Å². The third-order valence-electron chi connectivity index (χ3n) is 4.48. The van der Waals surface area contributed by atoms with Crippen LogP contribution in [-0.2, 0) is 17.8 Å². The van der Waals surface area contributed by atoms with Crippen molar-refractivity contribution in [3.8, 4) is 17.2 Å². The van der Waals surface area contributed by atoms with Crippen molar-refractivity contribution in [2.24, 2.45) is 5.92 Å². The van der Waals surface area contributed by atoms with Gasteiger partial charge in [0.15, 0.2) is 11.5 Å². The van der Waals surface area contributed by atoms with E-state index in [4.69, 9.17) is 18.9 Å². The Hall–Kier alpha value is -2.73. The number of hydrogen-bond donors (Lipinski definition) is 1. The Morgan fingerprint density at radius 3 is 2.40 bits per heavy atom. The standard InChI is InChI=1S/C24H33NO5/c1-6-30-21-10-8-19(14-20(21)16-29-15-17(2)3)24(26)25-12-11-18-7-9-22(27-4)23(13-18)28-5/h7-10,13-14,17H,6,11-12,15-16H2,1-5H3,(H,25,26). The predicted molar refractivity (Wildman–Crippen MR) is 118 cm³/mol. The summed E-state index contributed by atoms with van der Waals surface area (Å²) in [6.45, 7) is 8.30. The van der Waals surface area contributed by atoms with Crippen LogP contribution in [0.2, 0.25) is 0 Å². The molecule has 0 bridgehead atoms. The molecule has 0 aliphatic heterocycles. The third-order valence-corrected chi connectivity index (χ3v) is 4.48.